The highest BCUT2D eigenvalue weighted by atomic mass is 35.5. The molecule has 0 bridgehead atoms. The monoisotopic (exact) mass is 315 g/mol. The Morgan fingerprint density at radius 1 is 1.23 bits per heavy atom. The predicted molar refractivity (Wildman–Crippen MR) is 89.8 cm³/mol. The Hall–Kier alpha value is -2.07. The normalized spacial score (nSPS) is 13.8. The van der Waals surface area contributed by atoms with Crippen molar-refractivity contribution < 1.29 is 4.79 Å². The number of aromatic nitrogens is 1. The summed E-state index contributed by atoms with van der Waals surface area (Å²) in [5.41, 5.74) is 4.05. The summed E-state index contributed by atoms with van der Waals surface area (Å²) < 4.78 is 0. The van der Waals surface area contributed by atoms with E-state index in [0.29, 0.717) is 22.3 Å². The standard InChI is InChI=1S/C17H18ClN3O/c1-10-5-11(2)16(15(18)6-10)21-17(22)12-7-14(9-19-8-12)20-13-3-4-13/h5-9,13,20H,3-4H2,1-2H3,(H,21,22). The number of aryl methyl sites for hydroxylation is 2. The van der Waals surface area contributed by atoms with Crippen LogP contribution in [0.3, 0.4) is 0 Å². The molecule has 2 N–H and O–H groups in total. The third-order valence-electron chi connectivity index (χ3n) is 3.62. The van der Waals surface area contributed by atoms with Crippen LogP contribution in [-0.4, -0.2) is 16.9 Å². The Morgan fingerprint density at radius 2 is 2.00 bits per heavy atom. The summed E-state index contributed by atoms with van der Waals surface area (Å²) in [4.78, 5) is 16.6. The molecule has 0 unspecified atom stereocenters. The Bertz CT molecular complexity index is 703. The molecule has 1 aliphatic carbocycles. The maximum atomic E-state index is 12.4. The molecule has 2 aromatic rings. The first-order valence-corrected chi connectivity index (χ1v) is 7.70. The number of pyridine rings is 1. The maximum absolute atomic E-state index is 12.4. The summed E-state index contributed by atoms with van der Waals surface area (Å²) >= 11 is 6.23. The average molecular weight is 316 g/mol. The number of hydrogen-bond acceptors (Lipinski definition) is 3. The fourth-order valence-corrected chi connectivity index (χ4v) is 2.73. The van der Waals surface area contributed by atoms with E-state index in [2.05, 4.69) is 15.6 Å². The van der Waals surface area contributed by atoms with Gasteiger partial charge in [-0.3, -0.25) is 9.78 Å². The molecular weight excluding hydrogens is 298 g/mol. The van der Waals surface area contributed by atoms with Gasteiger partial charge < -0.3 is 10.6 Å². The minimum absolute atomic E-state index is 0.208. The zero-order valence-electron chi connectivity index (χ0n) is 12.6. The van der Waals surface area contributed by atoms with Gasteiger partial charge in [0, 0.05) is 18.4 Å². The molecule has 114 valence electrons. The van der Waals surface area contributed by atoms with Gasteiger partial charge in [0.1, 0.15) is 0 Å². The van der Waals surface area contributed by atoms with E-state index in [0.717, 1.165) is 16.8 Å². The Kier molecular flexibility index (Phi) is 4.03. The van der Waals surface area contributed by atoms with Crippen molar-refractivity contribution in [1.82, 2.24) is 4.98 Å². The van der Waals surface area contributed by atoms with Crippen molar-refractivity contribution in [1.29, 1.82) is 0 Å². The summed E-state index contributed by atoms with van der Waals surface area (Å²) in [6.07, 6.45) is 5.65. The predicted octanol–water partition coefficient (Wildman–Crippen LogP) is 4.18. The van der Waals surface area contributed by atoms with Crippen LogP contribution in [0.25, 0.3) is 0 Å². The Morgan fingerprint density at radius 3 is 2.68 bits per heavy atom. The van der Waals surface area contributed by atoms with Crippen molar-refractivity contribution in [2.75, 3.05) is 10.6 Å². The topological polar surface area (TPSA) is 54.0 Å². The minimum Gasteiger partial charge on any atom is -0.381 e. The molecule has 0 saturated heterocycles. The van der Waals surface area contributed by atoms with Crippen LogP contribution in [0, 0.1) is 13.8 Å². The third-order valence-corrected chi connectivity index (χ3v) is 3.92. The quantitative estimate of drug-likeness (QED) is 0.890. The second-order valence-electron chi connectivity index (χ2n) is 5.77. The van der Waals surface area contributed by atoms with Gasteiger partial charge in [-0.1, -0.05) is 17.7 Å². The first-order chi connectivity index (χ1) is 10.5. The van der Waals surface area contributed by atoms with Crippen LogP contribution < -0.4 is 10.6 Å². The number of rotatable bonds is 4. The molecule has 1 amide bonds. The summed E-state index contributed by atoms with van der Waals surface area (Å²) in [7, 11) is 0. The van der Waals surface area contributed by atoms with Gasteiger partial charge in [0.15, 0.2) is 0 Å². The molecule has 1 fully saturated rings. The lowest BCUT2D eigenvalue weighted by Gasteiger charge is -2.12. The Balaban J connectivity index is 1.79. The maximum Gasteiger partial charge on any atom is 0.257 e. The van der Waals surface area contributed by atoms with Gasteiger partial charge >= 0.3 is 0 Å². The smallest absolute Gasteiger partial charge is 0.257 e. The van der Waals surface area contributed by atoms with E-state index in [1.807, 2.05) is 32.0 Å². The summed E-state index contributed by atoms with van der Waals surface area (Å²) in [6, 6.07) is 6.17. The summed E-state index contributed by atoms with van der Waals surface area (Å²) in [5.74, 6) is -0.208. The van der Waals surface area contributed by atoms with E-state index in [9.17, 15) is 4.79 Å². The van der Waals surface area contributed by atoms with Gasteiger partial charge in [-0.05, 0) is 49.9 Å². The fraction of sp³-hybridized carbons (Fsp3) is 0.294. The molecule has 1 aliphatic rings. The number of carbonyl (C=O) groups excluding carboxylic acids is 1. The molecule has 5 heteroatoms. The van der Waals surface area contributed by atoms with Crippen molar-refractivity contribution >= 4 is 28.9 Å². The van der Waals surface area contributed by atoms with Crippen molar-refractivity contribution in [3.63, 3.8) is 0 Å². The third kappa shape index (κ3) is 3.39. The summed E-state index contributed by atoms with van der Waals surface area (Å²) in [5, 5.41) is 6.76. The lowest BCUT2D eigenvalue weighted by atomic mass is 10.1. The number of halogens is 1. The first-order valence-electron chi connectivity index (χ1n) is 7.32. The second-order valence-corrected chi connectivity index (χ2v) is 6.18. The van der Waals surface area contributed by atoms with E-state index >= 15 is 0 Å². The molecule has 4 nitrogen and oxygen atoms in total. The minimum atomic E-state index is -0.208. The first kappa shape index (κ1) is 14.9. The highest BCUT2D eigenvalue weighted by molar-refractivity contribution is 6.34. The van der Waals surface area contributed by atoms with Gasteiger partial charge in [-0.25, -0.2) is 0 Å². The highest BCUT2D eigenvalue weighted by Crippen LogP contribution is 2.28. The van der Waals surface area contributed by atoms with Crippen LogP contribution in [0.4, 0.5) is 11.4 Å². The van der Waals surface area contributed by atoms with Gasteiger partial charge in [0.05, 0.1) is 22.0 Å². The number of hydrogen-bond donors (Lipinski definition) is 2. The molecule has 1 aromatic carbocycles. The molecule has 22 heavy (non-hydrogen) atoms. The van der Waals surface area contributed by atoms with Crippen LogP contribution in [0.2, 0.25) is 5.02 Å². The van der Waals surface area contributed by atoms with Gasteiger partial charge in [0.25, 0.3) is 5.91 Å². The summed E-state index contributed by atoms with van der Waals surface area (Å²) in [6.45, 7) is 3.90. The average Bonchev–Trinajstić information content (AvgIpc) is 3.27. The van der Waals surface area contributed by atoms with Crippen LogP contribution in [-0.2, 0) is 0 Å². The molecule has 0 radical (unpaired) electrons. The van der Waals surface area contributed by atoms with E-state index in [1.165, 1.54) is 12.8 Å². The zero-order valence-corrected chi connectivity index (χ0v) is 13.4. The number of amides is 1. The largest absolute Gasteiger partial charge is 0.381 e. The van der Waals surface area contributed by atoms with E-state index < -0.39 is 0 Å². The molecule has 3 rings (SSSR count). The van der Waals surface area contributed by atoms with Crippen molar-refractivity contribution in [3.05, 3.63) is 52.3 Å². The van der Waals surface area contributed by atoms with Crippen LogP contribution in [0.1, 0.15) is 34.3 Å². The van der Waals surface area contributed by atoms with E-state index in [-0.39, 0.29) is 5.91 Å². The molecule has 0 spiro atoms. The van der Waals surface area contributed by atoms with Crippen molar-refractivity contribution in [2.24, 2.45) is 0 Å². The molecular formula is C17H18ClN3O. The number of nitrogens with zero attached hydrogens (tertiary/aromatic N) is 1. The molecule has 1 aromatic heterocycles. The van der Waals surface area contributed by atoms with Gasteiger partial charge in [-0.15, -0.1) is 0 Å². The van der Waals surface area contributed by atoms with E-state index in [4.69, 9.17) is 11.6 Å². The van der Waals surface area contributed by atoms with Gasteiger partial charge in [-0.2, -0.15) is 0 Å². The number of anilines is 2. The molecule has 1 saturated carbocycles. The SMILES string of the molecule is Cc1cc(C)c(NC(=O)c2cncc(NC3CC3)c2)c(Cl)c1. The molecule has 0 aliphatic heterocycles. The van der Waals surface area contributed by atoms with Crippen LogP contribution in [0.15, 0.2) is 30.6 Å². The number of nitrogens with one attached hydrogen (secondary N) is 2. The highest BCUT2D eigenvalue weighted by Gasteiger charge is 2.21. The second kappa shape index (κ2) is 5.97. The van der Waals surface area contributed by atoms with Crippen molar-refractivity contribution in [2.45, 2.75) is 32.7 Å². The lowest BCUT2D eigenvalue weighted by molar-refractivity contribution is 0.102. The fourth-order valence-electron chi connectivity index (χ4n) is 2.37. The molecule has 1 heterocycles. The van der Waals surface area contributed by atoms with E-state index in [1.54, 1.807) is 12.4 Å². The lowest BCUT2D eigenvalue weighted by Crippen LogP contribution is -2.14. The van der Waals surface area contributed by atoms with Gasteiger partial charge in [0.2, 0.25) is 0 Å². The zero-order chi connectivity index (χ0) is 15.7. The van der Waals surface area contributed by atoms with Crippen molar-refractivity contribution in [3.8, 4) is 0 Å². The molecule has 0 atom stereocenters. The van der Waals surface area contributed by atoms with Crippen LogP contribution >= 0.6 is 11.6 Å². The number of carbonyl (C=O) groups is 1. The van der Waals surface area contributed by atoms with Crippen LogP contribution in [0.5, 0.6) is 0 Å². The Labute approximate surface area is 134 Å². The number of benzene rings is 1.